The Morgan fingerprint density at radius 1 is 1.03 bits per heavy atom. The Labute approximate surface area is 213 Å². The first-order valence-corrected chi connectivity index (χ1v) is 11.4. The van der Waals surface area contributed by atoms with Gasteiger partial charge in [0, 0.05) is 42.0 Å². The molecule has 36 heavy (non-hydrogen) atoms. The number of hydrogen-bond acceptors (Lipinski definition) is 10. The van der Waals surface area contributed by atoms with Crippen molar-refractivity contribution in [3.05, 3.63) is 51.6 Å². The van der Waals surface area contributed by atoms with Gasteiger partial charge in [-0.05, 0) is 13.0 Å². The third-order valence-electron chi connectivity index (χ3n) is 7.08. The summed E-state index contributed by atoms with van der Waals surface area (Å²) in [6.07, 6.45) is -4.09. The predicted octanol–water partition coefficient (Wildman–Crippen LogP) is 1.49. The van der Waals surface area contributed by atoms with Crippen molar-refractivity contribution >= 4 is 24.0 Å². The number of hydrogen-bond donors (Lipinski definition) is 5. The smallest absolute Gasteiger partial charge is 0.202 e. The number of rotatable bonds is 3. The number of ether oxygens (including phenoxy) is 3. The number of halogens is 1. The molecule has 1 heterocycles. The van der Waals surface area contributed by atoms with E-state index in [9.17, 15) is 30.0 Å². The summed E-state index contributed by atoms with van der Waals surface area (Å²) in [6, 6.07) is 3.94. The number of fused-ring (bicyclic) bond motifs is 3. The molecule has 6 unspecified atom stereocenters. The van der Waals surface area contributed by atoms with Gasteiger partial charge in [0.25, 0.3) is 0 Å². The maximum atomic E-state index is 13.5. The molecule has 0 saturated carbocycles. The molecule has 2 aromatic rings. The zero-order valence-electron chi connectivity index (χ0n) is 19.6. The third-order valence-corrected chi connectivity index (χ3v) is 7.08. The van der Waals surface area contributed by atoms with E-state index in [2.05, 4.69) is 0 Å². The van der Waals surface area contributed by atoms with Crippen LogP contribution in [0, 0.1) is 0 Å². The second kappa shape index (κ2) is 9.62. The van der Waals surface area contributed by atoms with Crippen LogP contribution in [0.3, 0.4) is 0 Å². The third kappa shape index (κ3) is 3.94. The summed E-state index contributed by atoms with van der Waals surface area (Å²) in [5.74, 6) is -2.10. The van der Waals surface area contributed by atoms with Gasteiger partial charge in [-0.25, -0.2) is 0 Å². The first kappa shape index (κ1) is 26.3. The average Bonchev–Trinajstić information content (AvgIpc) is 2.82. The number of carbonyl (C=O) groups excluding carboxylic acids is 2. The summed E-state index contributed by atoms with van der Waals surface area (Å²) >= 11 is 0. The molecular formula is C25H28ClNO9. The van der Waals surface area contributed by atoms with Crippen LogP contribution in [-0.4, -0.2) is 69.7 Å². The van der Waals surface area contributed by atoms with Gasteiger partial charge in [-0.3, -0.25) is 9.59 Å². The topological polar surface area (TPSA) is 169 Å². The molecule has 0 spiro atoms. The van der Waals surface area contributed by atoms with Crippen molar-refractivity contribution in [1.29, 1.82) is 0 Å². The van der Waals surface area contributed by atoms with E-state index in [1.54, 1.807) is 13.0 Å². The molecule has 1 fully saturated rings. The van der Waals surface area contributed by atoms with Crippen LogP contribution in [-0.2, 0) is 15.9 Å². The second-order valence-electron chi connectivity index (χ2n) is 9.26. The minimum Gasteiger partial charge on any atom is -0.507 e. The fraction of sp³-hybridized carbons (Fsp3) is 0.440. The average molecular weight is 522 g/mol. The number of ketones is 2. The Hall–Kier alpha value is -2.73. The quantitative estimate of drug-likeness (QED) is 0.318. The van der Waals surface area contributed by atoms with Gasteiger partial charge in [0.2, 0.25) is 5.78 Å². The van der Waals surface area contributed by atoms with Gasteiger partial charge >= 0.3 is 0 Å². The highest BCUT2D eigenvalue weighted by molar-refractivity contribution is 6.31. The maximum Gasteiger partial charge on any atom is 0.202 e. The number of aliphatic hydroxyl groups excluding tert-OH is 2. The monoisotopic (exact) mass is 521 g/mol. The van der Waals surface area contributed by atoms with Crippen molar-refractivity contribution in [2.75, 3.05) is 7.11 Å². The van der Waals surface area contributed by atoms with Crippen molar-refractivity contribution in [3.8, 4) is 17.2 Å². The zero-order valence-corrected chi connectivity index (χ0v) is 20.4. The molecule has 5 rings (SSSR count). The lowest BCUT2D eigenvalue weighted by molar-refractivity contribution is -0.244. The molecule has 6 N–H and O–H groups in total. The van der Waals surface area contributed by atoms with E-state index in [1.165, 1.54) is 19.2 Å². The lowest BCUT2D eigenvalue weighted by Gasteiger charge is -2.39. The van der Waals surface area contributed by atoms with Crippen LogP contribution in [0.5, 0.6) is 17.2 Å². The molecule has 6 atom stereocenters. The van der Waals surface area contributed by atoms with Crippen LogP contribution in [0.25, 0.3) is 0 Å². The van der Waals surface area contributed by atoms with Gasteiger partial charge in [0.1, 0.15) is 17.2 Å². The Morgan fingerprint density at radius 2 is 1.72 bits per heavy atom. The Balaban J connectivity index is 0.00000304. The zero-order chi connectivity index (χ0) is 25.2. The van der Waals surface area contributed by atoms with E-state index in [-0.39, 0.29) is 70.8 Å². The van der Waals surface area contributed by atoms with Crippen molar-refractivity contribution in [2.24, 2.45) is 5.73 Å². The molecule has 2 aromatic carbocycles. The molecule has 1 aliphatic heterocycles. The minimum atomic E-state index is -0.966. The number of nitrogens with two attached hydrogens (primary N) is 1. The fourth-order valence-corrected chi connectivity index (χ4v) is 5.34. The van der Waals surface area contributed by atoms with Crippen molar-refractivity contribution in [3.63, 3.8) is 0 Å². The highest BCUT2D eigenvalue weighted by Crippen LogP contribution is 2.50. The standard InChI is InChI=1S/C25H27NO9.ClH/c1-9-21(28)13(26)8-16(34-9)35-15-7-10(27)6-12-18(15)25(32)20-19(23(12)30)22(29)11-4-3-5-14(33-2)17(11)24(20)31;/h3-5,9-10,13,15-16,21,27-28,30,32H,6-8,26H2,1-2H3;1H. The van der Waals surface area contributed by atoms with E-state index in [0.717, 1.165) is 0 Å². The Bertz CT molecular complexity index is 1220. The molecule has 1 saturated heterocycles. The van der Waals surface area contributed by atoms with Gasteiger partial charge in [-0.1, -0.05) is 12.1 Å². The fourth-order valence-electron chi connectivity index (χ4n) is 5.34. The summed E-state index contributed by atoms with van der Waals surface area (Å²) in [7, 11) is 1.37. The van der Waals surface area contributed by atoms with E-state index in [0.29, 0.717) is 0 Å². The summed E-state index contributed by atoms with van der Waals surface area (Å²) in [6.45, 7) is 1.65. The van der Waals surface area contributed by atoms with Crippen LogP contribution < -0.4 is 10.5 Å². The molecule has 0 bridgehead atoms. The van der Waals surface area contributed by atoms with E-state index in [4.69, 9.17) is 19.9 Å². The molecule has 0 amide bonds. The largest absolute Gasteiger partial charge is 0.507 e. The number of carbonyl (C=O) groups is 2. The Kier molecular flexibility index (Phi) is 7.04. The van der Waals surface area contributed by atoms with Crippen LogP contribution >= 0.6 is 12.4 Å². The molecule has 194 valence electrons. The van der Waals surface area contributed by atoms with Crippen molar-refractivity contribution < 1.29 is 44.2 Å². The summed E-state index contributed by atoms with van der Waals surface area (Å²) in [4.78, 5) is 26.8. The molecule has 2 aliphatic carbocycles. The SMILES string of the molecule is COc1cccc2c1C(=O)c1c(O)c3c(c(O)c1C2=O)CC(O)CC3OC1CC(N)C(O)C(C)O1.Cl. The molecule has 3 aliphatic rings. The van der Waals surface area contributed by atoms with Crippen molar-refractivity contribution in [2.45, 2.75) is 62.9 Å². The van der Waals surface area contributed by atoms with Crippen molar-refractivity contribution in [1.82, 2.24) is 0 Å². The molecule has 10 nitrogen and oxygen atoms in total. The van der Waals surface area contributed by atoms with Crippen LogP contribution in [0.1, 0.15) is 68.8 Å². The van der Waals surface area contributed by atoms with Gasteiger partial charge in [0.05, 0.1) is 48.2 Å². The molecule has 0 aromatic heterocycles. The normalized spacial score (nSPS) is 29.0. The predicted molar refractivity (Wildman–Crippen MR) is 128 cm³/mol. The summed E-state index contributed by atoms with van der Waals surface area (Å²) in [5, 5.41) is 43.0. The number of methoxy groups -OCH3 is 1. The van der Waals surface area contributed by atoms with E-state index < -0.39 is 59.8 Å². The number of aliphatic hydroxyl groups is 2. The van der Waals surface area contributed by atoms with Crippen LogP contribution in [0.4, 0.5) is 0 Å². The van der Waals surface area contributed by atoms with Gasteiger partial charge < -0.3 is 40.4 Å². The highest BCUT2D eigenvalue weighted by Gasteiger charge is 2.44. The lowest BCUT2D eigenvalue weighted by atomic mass is 9.76. The minimum absolute atomic E-state index is 0. The van der Waals surface area contributed by atoms with E-state index in [1.807, 2.05) is 0 Å². The molecular weight excluding hydrogens is 494 g/mol. The summed E-state index contributed by atoms with van der Waals surface area (Å²) < 4.78 is 17.0. The lowest BCUT2D eigenvalue weighted by Crippen LogP contribution is -2.52. The van der Waals surface area contributed by atoms with Gasteiger partial charge in [-0.15, -0.1) is 12.4 Å². The summed E-state index contributed by atoms with van der Waals surface area (Å²) in [5.41, 5.74) is 5.64. The maximum absolute atomic E-state index is 13.5. The van der Waals surface area contributed by atoms with E-state index >= 15 is 0 Å². The number of aromatic hydroxyl groups is 2. The van der Waals surface area contributed by atoms with Crippen LogP contribution in [0.15, 0.2) is 18.2 Å². The number of phenolic OH excluding ortho intramolecular Hbond substituents is 2. The molecule has 11 heteroatoms. The number of benzene rings is 2. The molecule has 0 radical (unpaired) electrons. The Morgan fingerprint density at radius 3 is 2.39 bits per heavy atom. The second-order valence-corrected chi connectivity index (χ2v) is 9.26. The first-order valence-electron chi connectivity index (χ1n) is 11.4. The van der Waals surface area contributed by atoms with Gasteiger partial charge in [0.15, 0.2) is 12.1 Å². The number of phenols is 2. The van der Waals surface area contributed by atoms with Gasteiger partial charge in [-0.2, -0.15) is 0 Å². The highest BCUT2D eigenvalue weighted by atomic mass is 35.5. The van der Waals surface area contributed by atoms with Crippen LogP contribution in [0.2, 0.25) is 0 Å². The first-order chi connectivity index (χ1) is 16.6.